The maximum atomic E-state index is 5.39. The van der Waals surface area contributed by atoms with Gasteiger partial charge in [-0.1, -0.05) is 80.7 Å². The fourth-order valence-corrected chi connectivity index (χ4v) is 4.22. The van der Waals surface area contributed by atoms with Crippen molar-refractivity contribution >= 4 is 0 Å². The van der Waals surface area contributed by atoms with Gasteiger partial charge in [0.15, 0.2) is 0 Å². The standard InChI is InChI=1S/2C8H14.2C7H14O.4CH4/c2*1-7-3-5-8(2)6-4-7;2*1-6-3-4-7(2)8-5-6;;;;/h2*3,8H,4-6H2,1-2H3;2*6-7H,3-5H2,1-2H3;4*1H4. The predicted molar refractivity (Wildman–Crippen MR) is 168 cm³/mol. The molecule has 4 rings (SSSR count). The van der Waals surface area contributed by atoms with Gasteiger partial charge in [-0.15, -0.1) is 0 Å². The second-order valence-electron chi connectivity index (χ2n) is 11.5. The third kappa shape index (κ3) is 22.6. The van der Waals surface area contributed by atoms with E-state index in [0.717, 1.165) is 36.9 Å². The van der Waals surface area contributed by atoms with Gasteiger partial charge in [-0.05, 0) is 116 Å². The van der Waals surface area contributed by atoms with E-state index in [2.05, 4.69) is 67.5 Å². The molecule has 0 N–H and O–H groups in total. The summed E-state index contributed by atoms with van der Waals surface area (Å²) in [6, 6.07) is 0. The van der Waals surface area contributed by atoms with Crippen LogP contribution < -0.4 is 0 Å². The molecule has 0 amide bonds. The van der Waals surface area contributed by atoms with E-state index in [-0.39, 0.29) is 29.7 Å². The van der Waals surface area contributed by atoms with Crippen LogP contribution in [0.1, 0.15) is 149 Å². The normalized spacial score (nSPS) is 30.9. The molecule has 0 aromatic rings. The lowest BCUT2D eigenvalue weighted by molar-refractivity contribution is 0.000174. The topological polar surface area (TPSA) is 18.5 Å². The molecule has 2 fully saturated rings. The first-order chi connectivity index (χ1) is 15.2. The minimum atomic E-state index is 0. The van der Waals surface area contributed by atoms with E-state index in [1.165, 1.54) is 64.2 Å². The van der Waals surface area contributed by atoms with Gasteiger partial charge in [-0.3, -0.25) is 0 Å². The van der Waals surface area contributed by atoms with Crippen LogP contribution >= 0.6 is 0 Å². The van der Waals surface area contributed by atoms with E-state index in [0.29, 0.717) is 12.2 Å². The minimum Gasteiger partial charge on any atom is -0.378 e. The average Bonchev–Trinajstić information content (AvgIpc) is 2.78. The summed E-state index contributed by atoms with van der Waals surface area (Å²) in [5.41, 5.74) is 3.17. The molecule has 2 heterocycles. The molecular formula is C34H72O2. The first-order valence-electron chi connectivity index (χ1n) is 13.7. The predicted octanol–water partition coefficient (Wildman–Crippen LogP) is 11.7. The Morgan fingerprint density at radius 1 is 0.500 bits per heavy atom. The van der Waals surface area contributed by atoms with Crippen LogP contribution in [0.4, 0.5) is 0 Å². The Morgan fingerprint density at radius 2 is 0.833 bits per heavy atom. The van der Waals surface area contributed by atoms with Gasteiger partial charge in [0.05, 0.1) is 12.2 Å². The van der Waals surface area contributed by atoms with Crippen molar-refractivity contribution in [3.05, 3.63) is 23.3 Å². The van der Waals surface area contributed by atoms with Crippen LogP contribution in [-0.2, 0) is 9.47 Å². The number of hydrogen-bond donors (Lipinski definition) is 0. The maximum Gasteiger partial charge on any atom is 0.0547 e. The van der Waals surface area contributed by atoms with Gasteiger partial charge in [-0.2, -0.15) is 0 Å². The second kappa shape index (κ2) is 24.7. The zero-order valence-electron chi connectivity index (χ0n) is 22.9. The lowest BCUT2D eigenvalue weighted by Gasteiger charge is -2.23. The molecule has 2 heteroatoms. The third-order valence-electron chi connectivity index (χ3n) is 7.26. The van der Waals surface area contributed by atoms with E-state index in [4.69, 9.17) is 9.47 Å². The van der Waals surface area contributed by atoms with Crippen molar-refractivity contribution < 1.29 is 9.47 Å². The largest absolute Gasteiger partial charge is 0.378 e. The van der Waals surface area contributed by atoms with Crippen LogP contribution in [0.3, 0.4) is 0 Å². The molecule has 220 valence electrons. The van der Waals surface area contributed by atoms with Crippen LogP contribution in [0, 0.1) is 23.7 Å². The van der Waals surface area contributed by atoms with Gasteiger partial charge >= 0.3 is 0 Å². The summed E-state index contributed by atoms with van der Waals surface area (Å²) in [6.07, 6.45) is 19.1. The quantitative estimate of drug-likeness (QED) is 0.300. The number of allylic oxidation sites excluding steroid dienone is 4. The zero-order valence-corrected chi connectivity index (χ0v) is 22.9. The summed E-state index contributed by atoms with van der Waals surface area (Å²) in [5.74, 6) is 3.48. The highest BCUT2D eigenvalue weighted by Crippen LogP contribution is 2.22. The van der Waals surface area contributed by atoms with Crippen molar-refractivity contribution in [2.24, 2.45) is 23.7 Å². The summed E-state index contributed by atoms with van der Waals surface area (Å²) in [7, 11) is 0. The Labute approximate surface area is 231 Å². The van der Waals surface area contributed by atoms with E-state index < -0.39 is 0 Å². The second-order valence-corrected chi connectivity index (χ2v) is 11.5. The number of ether oxygens (including phenoxy) is 2. The summed E-state index contributed by atoms with van der Waals surface area (Å²) < 4.78 is 10.8. The van der Waals surface area contributed by atoms with Crippen LogP contribution in [0.2, 0.25) is 0 Å². The number of hydrogen-bond acceptors (Lipinski definition) is 2. The molecule has 2 saturated heterocycles. The Balaban J connectivity index is -0.000000183. The average molecular weight is 513 g/mol. The fraction of sp³-hybridized carbons (Fsp3) is 0.882. The van der Waals surface area contributed by atoms with Crippen LogP contribution in [0.15, 0.2) is 23.3 Å². The molecule has 0 saturated carbocycles. The van der Waals surface area contributed by atoms with Gasteiger partial charge in [0.25, 0.3) is 0 Å². The number of rotatable bonds is 0. The summed E-state index contributed by atoms with van der Waals surface area (Å²) >= 11 is 0. The monoisotopic (exact) mass is 513 g/mol. The fourth-order valence-electron chi connectivity index (χ4n) is 4.22. The maximum absolute atomic E-state index is 5.39. The summed E-state index contributed by atoms with van der Waals surface area (Å²) in [6.45, 7) is 19.8. The first kappa shape index (κ1) is 42.5. The molecule has 4 aliphatic rings. The molecule has 2 aliphatic heterocycles. The Kier molecular flexibility index (Phi) is 29.2. The zero-order chi connectivity index (χ0) is 23.9. The van der Waals surface area contributed by atoms with E-state index >= 15 is 0 Å². The molecule has 6 unspecified atom stereocenters. The van der Waals surface area contributed by atoms with Crippen LogP contribution in [0.5, 0.6) is 0 Å². The van der Waals surface area contributed by atoms with Gasteiger partial charge in [0, 0.05) is 13.2 Å². The molecule has 0 bridgehead atoms. The Hall–Kier alpha value is -0.600. The van der Waals surface area contributed by atoms with Crippen molar-refractivity contribution in [1.82, 2.24) is 0 Å². The van der Waals surface area contributed by atoms with Crippen LogP contribution in [0.25, 0.3) is 0 Å². The third-order valence-corrected chi connectivity index (χ3v) is 7.26. The highest BCUT2D eigenvalue weighted by atomic mass is 16.5. The van der Waals surface area contributed by atoms with E-state index in [1.54, 1.807) is 11.1 Å². The smallest absolute Gasteiger partial charge is 0.0547 e. The lowest BCUT2D eigenvalue weighted by atomic mass is 9.92. The van der Waals surface area contributed by atoms with E-state index in [1.807, 2.05) is 0 Å². The van der Waals surface area contributed by atoms with Crippen LogP contribution in [-0.4, -0.2) is 25.4 Å². The highest BCUT2D eigenvalue weighted by Gasteiger charge is 2.14. The minimum absolute atomic E-state index is 0. The van der Waals surface area contributed by atoms with Gasteiger partial charge in [-0.25, -0.2) is 0 Å². The van der Waals surface area contributed by atoms with Crippen molar-refractivity contribution in [2.45, 2.75) is 162 Å². The van der Waals surface area contributed by atoms with E-state index in [9.17, 15) is 0 Å². The lowest BCUT2D eigenvalue weighted by Crippen LogP contribution is -2.21. The van der Waals surface area contributed by atoms with Crippen molar-refractivity contribution in [3.63, 3.8) is 0 Å². The molecule has 2 aliphatic carbocycles. The molecule has 0 aromatic heterocycles. The Morgan fingerprint density at radius 3 is 1.00 bits per heavy atom. The van der Waals surface area contributed by atoms with Crippen molar-refractivity contribution in [1.29, 1.82) is 0 Å². The SMILES string of the molecule is C.C.C.C.CC1=CCC(C)CC1.CC1=CCC(C)CC1.CC1CCC(C)OC1.CC1CCC(C)OC1. The highest BCUT2D eigenvalue weighted by molar-refractivity contribution is 5.02. The molecular weight excluding hydrogens is 440 g/mol. The van der Waals surface area contributed by atoms with Crippen molar-refractivity contribution in [2.75, 3.05) is 13.2 Å². The van der Waals surface area contributed by atoms with Gasteiger partial charge in [0.2, 0.25) is 0 Å². The summed E-state index contributed by atoms with van der Waals surface area (Å²) in [5, 5.41) is 0. The molecule has 0 radical (unpaired) electrons. The molecule has 0 spiro atoms. The Bertz CT molecular complexity index is 451. The summed E-state index contributed by atoms with van der Waals surface area (Å²) in [4.78, 5) is 0. The molecule has 36 heavy (non-hydrogen) atoms. The van der Waals surface area contributed by atoms with Gasteiger partial charge in [0.1, 0.15) is 0 Å². The van der Waals surface area contributed by atoms with Crippen molar-refractivity contribution in [3.8, 4) is 0 Å². The van der Waals surface area contributed by atoms with Gasteiger partial charge < -0.3 is 9.47 Å². The molecule has 0 aromatic carbocycles. The first-order valence-corrected chi connectivity index (χ1v) is 13.7. The molecule has 2 nitrogen and oxygen atoms in total. The molecule has 6 atom stereocenters.